The third kappa shape index (κ3) is 36.9. The molecule has 0 rings (SSSR count). The average molecular weight is 192 g/mol. The summed E-state index contributed by atoms with van der Waals surface area (Å²) in [7, 11) is 0. The van der Waals surface area contributed by atoms with Gasteiger partial charge in [-0.15, -0.1) is 38.0 Å². The first-order chi connectivity index (χ1) is 1.00. The summed E-state index contributed by atoms with van der Waals surface area (Å²) in [5, 5.41) is 0. The van der Waals surface area contributed by atoms with Crippen LogP contribution in [0.1, 0.15) is 0 Å². The summed E-state index contributed by atoms with van der Waals surface area (Å²) in [5.41, 5.74) is 0. The van der Waals surface area contributed by atoms with Gasteiger partial charge in [-0.25, -0.2) is 0 Å². The van der Waals surface area contributed by atoms with Crippen molar-refractivity contribution in [3.05, 3.63) is 13.2 Å². The molecule has 0 aromatic heterocycles. The van der Waals surface area contributed by atoms with E-state index in [0.717, 1.165) is 0 Å². The largest absolute Gasteiger partial charge is 0.147 e. The zero-order valence-electron chi connectivity index (χ0n) is 2.73. The minimum Gasteiger partial charge on any atom is -0.147 e. The van der Waals surface area contributed by atoms with Crippen molar-refractivity contribution < 1.29 is 26.2 Å². The fraction of sp³-hybridized carbons (Fsp3) is 0. The van der Waals surface area contributed by atoms with Crippen molar-refractivity contribution in [2.75, 3.05) is 0 Å². The standard InChI is InChI=1S/C2H4.2ClH.Zr/c1-2;;;/h1-2H2;2*1H;. The molecule has 0 aromatic carbocycles. The second-order valence-corrected chi connectivity index (χ2v) is 0. The molecule has 0 radical (unpaired) electrons. The molecule has 0 aliphatic carbocycles. The molecule has 0 bridgehead atoms. The van der Waals surface area contributed by atoms with Crippen molar-refractivity contribution in [1.82, 2.24) is 0 Å². The Morgan fingerprint density at radius 2 is 0.800 bits per heavy atom. The van der Waals surface area contributed by atoms with Crippen molar-refractivity contribution >= 4 is 24.8 Å². The molecule has 0 unspecified atom stereocenters. The van der Waals surface area contributed by atoms with Crippen LogP contribution in [0.25, 0.3) is 0 Å². The van der Waals surface area contributed by atoms with Crippen molar-refractivity contribution in [3.8, 4) is 0 Å². The quantitative estimate of drug-likeness (QED) is 0.512. The van der Waals surface area contributed by atoms with E-state index < -0.39 is 0 Å². The number of hydrogen-bond donors (Lipinski definition) is 0. The Morgan fingerprint density at radius 1 is 0.800 bits per heavy atom. The van der Waals surface area contributed by atoms with Crippen LogP contribution < -0.4 is 0 Å². The zero-order valence-corrected chi connectivity index (χ0v) is 6.82. The van der Waals surface area contributed by atoms with E-state index in [1.54, 1.807) is 0 Å². The summed E-state index contributed by atoms with van der Waals surface area (Å²) in [6.07, 6.45) is 0. The van der Waals surface area contributed by atoms with E-state index in [1.165, 1.54) is 0 Å². The normalized spacial score (nSPS) is 0.800. The summed E-state index contributed by atoms with van der Waals surface area (Å²) in [5.74, 6) is 0. The fourth-order valence-corrected chi connectivity index (χ4v) is 0. The Morgan fingerprint density at radius 3 is 0.800 bits per heavy atom. The van der Waals surface area contributed by atoms with Crippen molar-refractivity contribution in [3.63, 3.8) is 0 Å². The Hall–Kier alpha value is 1.20. The first-order valence-corrected chi connectivity index (χ1v) is 0.500. The van der Waals surface area contributed by atoms with E-state index in [9.17, 15) is 0 Å². The van der Waals surface area contributed by atoms with Gasteiger partial charge >= 0.3 is 0 Å². The summed E-state index contributed by atoms with van der Waals surface area (Å²) in [6, 6.07) is 0. The number of halogens is 2. The first-order valence-electron chi connectivity index (χ1n) is 0.500. The molecule has 0 N–H and O–H groups in total. The van der Waals surface area contributed by atoms with Crippen LogP contribution >= 0.6 is 24.8 Å². The van der Waals surface area contributed by atoms with E-state index in [-0.39, 0.29) is 51.0 Å². The van der Waals surface area contributed by atoms with Crippen LogP contribution in [-0.4, -0.2) is 0 Å². The van der Waals surface area contributed by atoms with Crippen LogP contribution in [0.4, 0.5) is 0 Å². The van der Waals surface area contributed by atoms with E-state index in [1.807, 2.05) is 0 Å². The average Bonchev–Trinajstić information content (AvgIpc) is 1.00. The molecule has 0 aromatic rings. The van der Waals surface area contributed by atoms with Crippen LogP contribution in [0.2, 0.25) is 0 Å². The summed E-state index contributed by atoms with van der Waals surface area (Å²) in [4.78, 5) is 0. The molecule has 5 heavy (non-hydrogen) atoms. The second-order valence-electron chi connectivity index (χ2n) is 0. The molecule has 3 heteroatoms. The summed E-state index contributed by atoms with van der Waals surface area (Å²) >= 11 is 0. The molecule has 0 fully saturated rings. The van der Waals surface area contributed by atoms with Crippen LogP contribution in [-0.2, 0) is 26.2 Å². The second kappa shape index (κ2) is 63.5. The van der Waals surface area contributed by atoms with Gasteiger partial charge in [-0.05, 0) is 0 Å². The van der Waals surface area contributed by atoms with Crippen molar-refractivity contribution in [2.45, 2.75) is 0 Å². The Balaban J connectivity index is -0.00000000167. The molecule has 0 aliphatic rings. The Bertz CT molecular complexity index is 7.61. The first kappa shape index (κ1) is 34.6. The van der Waals surface area contributed by atoms with Crippen LogP contribution in [0.5, 0.6) is 0 Å². The van der Waals surface area contributed by atoms with Crippen molar-refractivity contribution in [1.29, 1.82) is 0 Å². The monoisotopic (exact) mass is 190 g/mol. The van der Waals surface area contributed by atoms with E-state index in [2.05, 4.69) is 13.2 Å². The number of hydrogen-bond acceptors (Lipinski definition) is 0. The zero-order chi connectivity index (χ0) is 2.00. The SMILES string of the molecule is C=C.Cl.Cl.[Zr]. The molecule has 0 atom stereocenters. The maximum atomic E-state index is 3.00. The van der Waals surface area contributed by atoms with Gasteiger partial charge in [0.25, 0.3) is 0 Å². The molecule has 0 saturated carbocycles. The third-order valence-electron chi connectivity index (χ3n) is 0. The molecule has 0 nitrogen and oxygen atoms in total. The summed E-state index contributed by atoms with van der Waals surface area (Å²) in [6.45, 7) is 6.00. The van der Waals surface area contributed by atoms with Crippen molar-refractivity contribution in [2.24, 2.45) is 0 Å². The molecular weight excluding hydrogens is 186 g/mol. The third-order valence-corrected chi connectivity index (χ3v) is 0. The minimum absolute atomic E-state index is 0. The van der Waals surface area contributed by atoms with Gasteiger partial charge in [0.1, 0.15) is 0 Å². The number of rotatable bonds is 0. The predicted molar refractivity (Wildman–Crippen MR) is 25.7 cm³/mol. The molecule has 0 spiro atoms. The summed E-state index contributed by atoms with van der Waals surface area (Å²) < 4.78 is 0. The van der Waals surface area contributed by atoms with Gasteiger partial charge in [-0.1, -0.05) is 0 Å². The van der Waals surface area contributed by atoms with Gasteiger partial charge in [-0.2, -0.15) is 0 Å². The molecular formula is C2H6Cl2Zr. The van der Waals surface area contributed by atoms with Crippen LogP contribution in [0.15, 0.2) is 13.2 Å². The smallest absolute Gasteiger partial charge is 0 e. The molecule has 0 heterocycles. The van der Waals surface area contributed by atoms with Crippen LogP contribution in [0, 0.1) is 0 Å². The molecule has 0 saturated heterocycles. The maximum Gasteiger partial charge on any atom is 0 e. The Labute approximate surface area is 64.0 Å². The molecule has 0 aliphatic heterocycles. The van der Waals surface area contributed by atoms with Crippen LogP contribution in [0.3, 0.4) is 0 Å². The Kier molecular flexibility index (Phi) is 439. The van der Waals surface area contributed by atoms with Gasteiger partial charge in [-0.3, -0.25) is 0 Å². The van der Waals surface area contributed by atoms with E-state index >= 15 is 0 Å². The topological polar surface area (TPSA) is 0 Å². The fourth-order valence-electron chi connectivity index (χ4n) is 0. The van der Waals surface area contributed by atoms with Gasteiger partial charge in [0.2, 0.25) is 0 Å². The van der Waals surface area contributed by atoms with Gasteiger partial charge in [0.05, 0.1) is 0 Å². The van der Waals surface area contributed by atoms with E-state index in [0.29, 0.717) is 0 Å². The molecule has 0 amide bonds. The van der Waals surface area contributed by atoms with Gasteiger partial charge in [0.15, 0.2) is 0 Å². The molecule has 32 valence electrons. The van der Waals surface area contributed by atoms with Gasteiger partial charge < -0.3 is 0 Å². The minimum atomic E-state index is 0. The van der Waals surface area contributed by atoms with E-state index in [4.69, 9.17) is 0 Å². The maximum absolute atomic E-state index is 3.00. The van der Waals surface area contributed by atoms with Gasteiger partial charge in [0, 0.05) is 26.2 Å². The predicted octanol–water partition coefficient (Wildman–Crippen LogP) is 1.64.